The van der Waals surface area contributed by atoms with Crippen LogP contribution < -0.4 is 0 Å². The van der Waals surface area contributed by atoms with Gasteiger partial charge in [0.1, 0.15) is 0 Å². The van der Waals surface area contributed by atoms with E-state index in [1.165, 1.54) is 0 Å². The van der Waals surface area contributed by atoms with E-state index < -0.39 is 11.9 Å². The van der Waals surface area contributed by atoms with Gasteiger partial charge in [0.05, 0.1) is 39.3 Å². The molecule has 42 heavy (non-hydrogen) atoms. The van der Waals surface area contributed by atoms with Crippen molar-refractivity contribution in [2.24, 2.45) is 10.8 Å². The summed E-state index contributed by atoms with van der Waals surface area (Å²) in [5.41, 5.74) is -0.362. The molecule has 0 bridgehead atoms. The lowest BCUT2D eigenvalue weighted by Crippen LogP contribution is -2.33. The molecule has 0 aliphatic heterocycles. The van der Waals surface area contributed by atoms with Gasteiger partial charge < -0.3 is 29.0 Å². The van der Waals surface area contributed by atoms with Crippen molar-refractivity contribution >= 4 is 23.9 Å². The van der Waals surface area contributed by atoms with Gasteiger partial charge in [-0.3, -0.25) is 9.59 Å². The predicted molar refractivity (Wildman–Crippen MR) is 161 cm³/mol. The van der Waals surface area contributed by atoms with E-state index in [0.29, 0.717) is 51.9 Å². The number of rotatable bonds is 26. The van der Waals surface area contributed by atoms with Crippen LogP contribution in [0.1, 0.15) is 91.9 Å². The third-order valence-corrected chi connectivity index (χ3v) is 8.42. The largest absolute Gasteiger partial charge is 0.466 e. The van der Waals surface area contributed by atoms with E-state index in [0.717, 1.165) is 37.8 Å². The van der Waals surface area contributed by atoms with Crippen molar-refractivity contribution in [3.63, 3.8) is 0 Å². The molecule has 0 atom stereocenters. The van der Waals surface area contributed by atoms with E-state index in [1.54, 1.807) is 0 Å². The Hall–Kier alpha value is -2.72. The minimum absolute atomic E-state index is 0.00949. The molecule has 0 aliphatic carbocycles. The number of hydrogen-bond donors (Lipinski definition) is 1. The molecule has 0 spiro atoms. The van der Waals surface area contributed by atoms with Crippen LogP contribution >= 0.6 is 0 Å². The van der Waals surface area contributed by atoms with Crippen LogP contribution in [0.3, 0.4) is 0 Å². The molecule has 0 unspecified atom stereocenters. The second-order valence-electron chi connectivity index (χ2n) is 10.7. The predicted octanol–water partition coefficient (Wildman–Crippen LogP) is 4.78. The quantitative estimate of drug-likeness (QED) is 0.0845. The number of aliphatic hydroxyl groups is 1. The van der Waals surface area contributed by atoms with E-state index >= 15 is 0 Å². The Morgan fingerprint density at radius 2 is 1.10 bits per heavy atom. The Morgan fingerprint density at radius 3 is 1.52 bits per heavy atom. The number of aliphatic hydroxyl groups excluding tert-OH is 1. The lowest BCUT2D eigenvalue weighted by atomic mass is 9.77. The molecular formula is C32H55NO9. The highest BCUT2D eigenvalue weighted by Gasteiger charge is 2.29. The normalized spacial score (nSPS) is 11.6. The first-order chi connectivity index (χ1) is 20.1. The lowest BCUT2D eigenvalue weighted by Gasteiger charge is -2.31. The molecular weight excluding hydrogens is 542 g/mol. The van der Waals surface area contributed by atoms with Gasteiger partial charge in [-0.1, -0.05) is 53.7 Å². The molecule has 0 aromatic rings. The summed E-state index contributed by atoms with van der Waals surface area (Å²) in [6.45, 7) is 17.4. The average molecular weight is 598 g/mol. The Balaban J connectivity index is 4.71. The highest BCUT2D eigenvalue weighted by atomic mass is 16.5. The molecule has 1 N–H and O–H groups in total. The third kappa shape index (κ3) is 16.7. The minimum atomic E-state index is -0.473. The molecule has 0 saturated carbocycles. The average Bonchev–Trinajstić information content (AvgIpc) is 3.01. The molecule has 0 saturated heterocycles. The summed E-state index contributed by atoms with van der Waals surface area (Å²) < 4.78 is 21.4. The van der Waals surface area contributed by atoms with Gasteiger partial charge in [-0.25, -0.2) is 9.59 Å². The van der Waals surface area contributed by atoms with Crippen molar-refractivity contribution in [2.45, 2.75) is 91.9 Å². The Labute approximate surface area is 252 Å². The second-order valence-corrected chi connectivity index (χ2v) is 10.7. The number of carbonyl (C=O) groups is 4. The number of carbonyl (C=O) groups excluding carboxylic acids is 4. The summed E-state index contributed by atoms with van der Waals surface area (Å²) in [5, 5.41) is 9.28. The van der Waals surface area contributed by atoms with E-state index in [-0.39, 0.29) is 62.0 Å². The second kappa shape index (κ2) is 22.8. The van der Waals surface area contributed by atoms with Gasteiger partial charge in [-0.15, -0.1) is 0 Å². The van der Waals surface area contributed by atoms with Crippen LogP contribution in [0, 0.1) is 10.8 Å². The van der Waals surface area contributed by atoms with Crippen molar-refractivity contribution < 1.29 is 43.2 Å². The van der Waals surface area contributed by atoms with Gasteiger partial charge in [0.25, 0.3) is 0 Å². The monoisotopic (exact) mass is 597 g/mol. The maximum absolute atomic E-state index is 12.6. The maximum Gasteiger partial charge on any atom is 0.330 e. The SMILES string of the molecule is C=CC(=O)OCCC(CC)(CC)CCOC(=O)CCN(CCCO)CCC(=O)OCC(CC)(CC)CCOC(=O)C=C. The molecule has 242 valence electrons. The fourth-order valence-electron chi connectivity index (χ4n) is 4.70. The van der Waals surface area contributed by atoms with E-state index in [2.05, 4.69) is 27.0 Å². The number of nitrogens with zero attached hydrogens (tertiary/aromatic N) is 1. The molecule has 0 aromatic carbocycles. The minimum Gasteiger partial charge on any atom is -0.466 e. The van der Waals surface area contributed by atoms with Gasteiger partial charge >= 0.3 is 23.9 Å². The molecule has 0 fully saturated rings. The van der Waals surface area contributed by atoms with Crippen LogP contribution in [-0.2, 0) is 38.1 Å². The van der Waals surface area contributed by atoms with Gasteiger partial charge in [0.15, 0.2) is 0 Å². The smallest absolute Gasteiger partial charge is 0.330 e. The van der Waals surface area contributed by atoms with Crippen LogP contribution in [0.4, 0.5) is 0 Å². The molecule has 0 radical (unpaired) electrons. The standard InChI is InChI=1S/C32H55NO9/c1-7-27(35)39-23-16-31(9-3,10-4)17-24-41-29(37)14-20-33(19-13-22-34)21-15-30(38)42-26-32(11-5,12-6)18-25-40-28(36)8-2/h7-8,34H,1-2,9-26H2,3-6H3. The topological polar surface area (TPSA) is 129 Å². The summed E-state index contributed by atoms with van der Waals surface area (Å²) >= 11 is 0. The molecule has 0 heterocycles. The zero-order chi connectivity index (χ0) is 31.9. The van der Waals surface area contributed by atoms with Gasteiger partial charge in [0.2, 0.25) is 0 Å². The molecule has 0 amide bonds. The van der Waals surface area contributed by atoms with Crippen LogP contribution in [-0.4, -0.2) is 86.6 Å². The van der Waals surface area contributed by atoms with E-state index in [4.69, 9.17) is 18.9 Å². The van der Waals surface area contributed by atoms with Crippen LogP contribution in [0.15, 0.2) is 25.3 Å². The molecule has 10 nitrogen and oxygen atoms in total. The Bertz CT molecular complexity index is 819. The summed E-state index contributed by atoms with van der Waals surface area (Å²) in [6, 6.07) is 0. The zero-order valence-electron chi connectivity index (χ0n) is 26.5. The first kappa shape index (κ1) is 39.3. The summed E-state index contributed by atoms with van der Waals surface area (Å²) in [7, 11) is 0. The highest BCUT2D eigenvalue weighted by molar-refractivity contribution is 5.81. The van der Waals surface area contributed by atoms with Crippen molar-refractivity contribution in [1.82, 2.24) is 4.90 Å². The Kier molecular flexibility index (Phi) is 21.3. The highest BCUT2D eigenvalue weighted by Crippen LogP contribution is 2.35. The fourth-order valence-corrected chi connectivity index (χ4v) is 4.70. The van der Waals surface area contributed by atoms with Crippen molar-refractivity contribution in [3.05, 3.63) is 25.3 Å². The van der Waals surface area contributed by atoms with Crippen molar-refractivity contribution in [1.29, 1.82) is 0 Å². The van der Waals surface area contributed by atoms with E-state index in [1.807, 2.05) is 18.7 Å². The summed E-state index contributed by atoms with van der Waals surface area (Å²) in [4.78, 5) is 49.7. The maximum atomic E-state index is 12.6. The van der Waals surface area contributed by atoms with Gasteiger partial charge in [-0.05, 0) is 43.9 Å². The Morgan fingerprint density at radius 1 is 0.667 bits per heavy atom. The first-order valence-corrected chi connectivity index (χ1v) is 15.3. The summed E-state index contributed by atoms with van der Waals surface area (Å²) in [5.74, 6) is -1.58. The first-order valence-electron chi connectivity index (χ1n) is 15.3. The van der Waals surface area contributed by atoms with Crippen LogP contribution in [0.5, 0.6) is 0 Å². The molecule has 0 rings (SSSR count). The molecule has 0 aromatic heterocycles. The number of hydrogen-bond acceptors (Lipinski definition) is 10. The van der Waals surface area contributed by atoms with Gasteiger partial charge in [-0.2, -0.15) is 0 Å². The van der Waals surface area contributed by atoms with Crippen molar-refractivity contribution in [2.75, 3.05) is 52.7 Å². The number of ether oxygens (including phenoxy) is 4. The van der Waals surface area contributed by atoms with Gasteiger partial charge in [0, 0.05) is 43.8 Å². The van der Waals surface area contributed by atoms with E-state index in [9.17, 15) is 24.3 Å². The fraction of sp³-hybridized carbons (Fsp3) is 0.750. The molecule has 0 aliphatic rings. The van der Waals surface area contributed by atoms with Crippen LogP contribution in [0.2, 0.25) is 0 Å². The van der Waals surface area contributed by atoms with Crippen LogP contribution in [0.25, 0.3) is 0 Å². The number of esters is 4. The van der Waals surface area contributed by atoms with Crippen molar-refractivity contribution in [3.8, 4) is 0 Å². The lowest BCUT2D eigenvalue weighted by molar-refractivity contribution is -0.149. The zero-order valence-corrected chi connectivity index (χ0v) is 26.5. The third-order valence-electron chi connectivity index (χ3n) is 8.42. The summed E-state index contributed by atoms with van der Waals surface area (Å²) in [6.07, 6.45) is 8.34. The molecule has 10 heteroatoms.